The van der Waals surface area contributed by atoms with Crippen LogP contribution >= 0.6 is 0 Å². The molecule has 1 fully saturated rings. The zero-order chi connectivity index (χ0) is 23.2. The van der Waals surface area contributed by atoms with Gasteiger partial charge < -0.3 is 14.5 Å². The Bertz CT molecular complexity index is 1100. The van der Waals surface area contributed by atoms with Gasteiger partial charge in [-0.2, -0.15) is 0 Å². The van der Waals surface area contributed by atoms with Gasteiger partial charge in [0, 0.05) is 38.4 Å². The molecule has 2 aromatic carbocycles. The number of benzene rings is 2. The molecule has 0 aliphatic carbocycles. The van der Waals surface area contributed by atoms with E-state index >= 15 is 0 Å². The molecular weight excluding hydrogens is 414 g/mol. The number of ether oxygens (including phenoxy) is 1. The van der Waals surface area contributed by atoms with E-state index in [1.54, 1.807) is 24.1 Å². The minimum atomic E-state index is -0.313. The number of nitrogens with zero attached hydrogens (tertiary/aromatic N) is 3. The van der Waals surface area contributed by atoms with Gasteiger partial charge in [-0.1, -0.05) is 54.6 Å². The van der Waals surface area contributed by atoms with Crippen LogP contribution in [-0.4, -0.2) is 59.9 Å². The predicted octanol–water partition coefficient (Wildman–Crippen LogP) is 3.92. The first-order valence-corrected chi connectivity index (χ1v) is 11.3. The molecule has 1 atom stereocenters. The molecule has 0 saturated carbocycles. The average molecular weight is 444 g/mol. The van der Waals surface area contributed by atoms with E-state index in [4.69, 9.17) is 4.74 Å². The Morgan fingerprint density at radius 3 is 2.48 bits per heavy atom. The van der Waals surface area contributed by atoms with Crippen molar-refractivity contribution in [2.75, 3.05) is 33.3 Å². The number of likely N-dealkylation sites (N-methyl/N-ethyl adjacent to an activating group) is 1. The van der Waals surface area contributed by atoms with Gasteiger partial charge in [0.15, 0.2) is 0 Å². The van der Waals surface area contributed by atoms with Crippen LogP contribution in [0.3, 0.4) is 0 Å². The van der Waals surface area contributed by atoms with Gasteiger partial charge in [-0.25, -0.2) is 4.98 Å². The molecule has 4 rings (SSSR count). The maximum Gasteiger partial charge on any atom is 0.255 e. The Kier molecular flexibility index (Phi) is 7.03. The van der Waals surface area contributed by atoms with E-state index in [2.05, 4.69) is 29.2 Å². The number of rotatable bonds is 6. The average Bonchev–Trinajstić information content (AvgIpc) is 3.03. The molecule has 6 heteroatoms. The van der Waals surface area contributed by atoms with Crippen molar-refractivity contribution in [3.05, 3.63) is 84.1 Å². The van der Waals surface area contributed by atoms with Crippen molar-refractivity contribution in [2.24, 2.45) is 5.92 Å². The maximum atomic E-state index is 13.4. The van der Waals surface area contributed by atoms with Crippen molar-refractivity contribution >= 4 is 11.8 Å². The van der Waals surface area contributed by atoms with E-state index in [1.807, 2.05) is 42.2 Å². The van der Waals surface area contributed by atoms with Gasteiger partial charge in [-0.3, -0.25) is 9.59 Å². The molecule has 1 aliphatic heterocycles. The minimum absolute atomic E-state index is 0.100. The summed E-state index contributed by atoms with van der Waals surface area (Å²) in [6, 6.07) is 21.8. The summed E-state index contributed by atoms with van der Waals surface area (Å²) in [7, 11) is 1.54. The lowest BCUT2D eigenvalue weighted by molar-refractivity contribution is -0.134. The number of aromatic nitrogens is 1. The van der Waals surface area contributed by atoms with E-state index in [-0.39, 0.29) is 17.7 Å². The van der Waals surface area contributed by atoms with Crippen LogP contribution in [0.4, 0.5) is 0 Å². The van der Waals surface area contributed by atoms with E-state index in [1.165, 1.54) is 6.20 Å². The van der Waals surface area contributed by atoms with Crippen molar-refractivity contribution in [2.45, 2.75) is 13.3 Å². The predicted molar refractivity (Wildman–Crippen MR) is 128 cm³/mol. The van der Waals surface area contributed by atoms with E-state index in [0.717, 1.165) is 16.7 Å². The molecule has 170 valence electrons. The largest absolute Gasteiger partial charge is 0.481 e. The zero-order valence-electron chi connectivity index (χ0n) is 19.1. The molecule has 1 aliphatic rings. The first-order valence-electron chi connectivity index (χ1n) is 11.3. The number of amides is 2. The molecular formula is C27H29N3O3. The molecule has 33 heavy (non-hydrogen) atoms. The fraction of sp³-hybridized carbons (Fsp3) is 0.296. The van der Waals surface area contributed by atoms with Crippen molar-refractivity contribution < 1.29 is 14.3 Å². The van der Waals surface area contributed by atoms with Crippen LogP contribution in [-0.2, 0) is 11.2 Å². The van der Waals surface area contributed by atoms with Gasteiger partial charge in [-0.05, 0) is 36.1 Å². The van der Waals surface area contributed by atoms with Gasteiger partial charge >= 0.3 is 0 Å². The molecule has 1 aromatic heterocycles. The molecule has 0 N–H and O–H groups in total. The molecule has 3 aromatic rings. The third-order valence-electron chi connectivity index (χ3n) is 6.17. The van der Waals surface area contributed by atoms with Gasteiger partial charge in [0.05, 0.1) is 18.6 Å². The number of hydrogen-bond acceptors (Lipinski definition) is 4. The van der Waals surface area contributed by atoms with Crippen LogP contribution in [0.15, 0.2) is 72.9 Å². The second kappa shape index (κ2) is 10.3. The van der Waals surface area contributed by atoms with Gasteiger partial charge in [0.1, 0.15) is 0 Å². The highest BCUT2D eigenvalue weighted by Crippen LogP contribution is 2.27. The van der Waals surface area contributed by atoms with Crippen LogP contribution < -0.4 is 4.74 Å². The number of methoxy groups -OCH3 is 1. The van der Waals surface area contributed by atoms with Crippen LogP contribution in [0.1, 0.15) is 22.8 Å². The van der Waals surface area contributed by atoms with Crippen LogP contribution in [0.5, 0.6) is 5.88 Å². The molecule has 0 spiro atoms. The number of hydrogen-bond donors (Lipinski definition) is 0. The molecule has 0 unspecified atom stereocenters. The standard InChI is InChI=1S/C27H29N3O3/c1-3-29-15-16-30(26(31)22-13-14-25(33-2)28-18-22)19-23(27(29)32)17-21-11-7-8-12-24(21)20-9-5-4-6-10-20/h4-14,18,23H,3,15-17,19H2,1-2H3/t23-/m0/s1. The summed E-state index contributed by atoms with van der Waals surface area (Å²) in [6.07, 6.45) is 2.11. The normalized spacial score (nSPS) is 16.4. The summed E-state index contributed by atoms with van der Waals surface area (Å²) in [5, 5.41) is 0. The third-order valence-corrected chi connectivity index (χ3v) is 6.17. The Balaban J connectivity index is 1.61. The molecule has 2 amide bonds. The molecule has 1 saturated heterocycles. The monoisotopic (exact) mass is 443 g/mol. The van der Waals surface area contributed by atoms with Crippen molar-refractivity contribution in [1.82, 2.24) is 14.8 Å². The Morgan fingerprint density at radius 1 is 1.03 bits per heavy atom. The van der Waals surface area contributed by atoms with Crippen molar-refractivity contribution in [1.29, 1.82) is 0 Å². The lowest BCUT2D eigenvalue weighted by Gasteiger charge is -2.24. The van der Waals surface area contributed by atoms with Crippen molar-refractivity contribution in [3.63, 3.8) is 0 Å². The fourth-order valence-electron chi connectivity index (χ4n) is 4.37. The molecule has 6 nitrogen and oxygen atoms in total. The summed E-state index contributed by atoms with van der Waals surface area (Å²) in [4.78, 5) is 34.4. The topological polar surface area (TPSA) is 62.7 Å². The Labute approximate surface area is 194 Å². The zero-order valence-corrected chi connectivity index (χ0v) is 19.1. The van der Waals surface area contributed by atoms with Gasteiger partial charge in [0.25, 0.3) is 5.91 Å². The highest BCUT2D eigenvalue weighted by Gasteiger charge is 2.32. The highest BCUT2D eigenvalue weighted by molar-refractivity contribution is 5.94. The summed E-state index contributed by atoms with van der Waals surface area (Å²) in [5.74, 6) is 0.137. The van der Waals surface area contributed by atoms with Gasteiger partial charge in [-0.15, -0.1) is 0 Å². The SMILES string of the molecule is CCN1CCN(C(=O)c2ccc(OC)nc2)C[C@H](Cc2ccccc2-c2ccccc2)C1=O. The van der Waals surface area contributed by atoms with Crippen LogP contribution in [0.2, 0.25) is 0 Å². The van der Waals surface area contributed by atoms with Crippen molar-refractivity contribution in [3.8, 4) is 17.0 Å². The second-order valence-electron chi connectivity index (χ2n) is 8.18. The summed E-state index contributed by atoms with van der Waals surface area (Å²) < 4.78 is 5.10. The first kappa shape index (κ1) is 22.5. The summed E-state index contributed by atoms with van der Waals surface area (Å²) >= 11 is 0. The van der Waals surface area contributed by atoms with Crippen LogP contribution in [0.25, 0.3) is 11.1 Å². The summed E-state index contributed by atoms with van der Waals surface area (Å²) in [5.41, 5.74) is 3.85. The Hall–Kier alpha value is -3.67. The second-order valence-corrected chi connectivity index (χ2v) is 8.18. The first-order chi connectivity index (χ1) is 16.1. The quantitative estimate of drug-likeness (QED) is 0.579. The third kappa shape index (κ3) is 5.06. The van der Waals surface area contributed by atoms with Crippen LogP contribution in [0, 0.1) is 5.92 Å². The lowest BCUT2D eigenvalue weighted by atomic mass is 9.91. The Morgan fingerprint density at radius 2 is 1.79 bits per heavy atom. The lowest BCUT2D eigenvalue weighted by Crippen LogP contribution is -2.38. The summed E-state index contributed by atoms with van der Waals surface area (Å²) in [6.45, 7) is 4.02. The number of carbonyl (C=O) groups is 2. The maximum absolute atomic E-state index is 13.4. The van der Waals surface area contributed by atoms with E-state index in [9.17, 15) is 9.59 Å². The highest BCUT2D eigenvalue weighted by atomic mass is 16.5. The smallest absolute Gasteiger partial charge is 0.255 e. The number of pyridine rings is 1. The molecule has 0 radical (unpaired) electrons. The van der Waals surface area contributed by atoms with Gasteiger partial charge in [0.2, 0.25) is 11.8 Å². The minimum Gasteiger partial charge on any atom is -0.481 e. The fourth-order valence-corrected chi connectivity index (χ4v) is 4.37. The molecule has 0 bridgehead atoms. The van der Waals surface area contributed by atoms with E-state index < -0.39 is 0 Å². The molecule has 2 heterocycles. The number of carbonyl (C=O) groups excluding carboxylic acids is 2. The van der Waals surface area contributed by atoms with E-state index in [0.29, 0.717) is 44.0 Å².